The van der Waals surface area contributed by atoms with Crippen LogP contribution in [0.25, 0.3) is 0 Å². The highest BCUT2D eigenvalue weighted by atomic mass is 35.5. The number of rotatable bonds is 1. The maximum absolute atomic E-state index is 3.36. The third kappa shape index (κ3) is 152. The molecule has 0 spiro atoms. The minimum absolute atomic E-state index is 0. The lowest BCUT2D eigenvalue weighted by atomic mass is 10.8. The Morgan fingerprint density at radius 3 is 1.75 bits per heavy atom. The topological polar surface area (TPSA) is 12.0 Å². The SMILES string of the molecule is C=CC.CCNC.Cl. The van der Waals surface area contributed by atoms with Gasteiger partial charge in [0, 0.05) is 0 Å². The summed E-state index contributed by atoms with van der Waals surface area (Å²) in [5, 5.41) is 2.93. The van der Waals surface area contributed by atoms with Crippen LogP contribution >= 0.6 is 12.4 Å². The average molecular weight is 138 g/mol. The average Bonchev–Trinajstić information content (AvgIpc) is 1.69. The molecule has 0 rings (SSSR count). The zero-order valence-electron chi connectivity index (χ0n) is 5.90. The van der Waals surface area contributed by atoms with Crippen molar-refractivity contribution in [3.8, 4) is 0 Å². The van der Waals surface area contributed by atoms with E-state index in [-0.39, 0.29) is 12.4 Å². The van der Waals surface area contributed by atoms with Crippen molar-refractivity contribution >= 4 is 12.4 Å². The van der Waals surface area contributed by atoms with Crippen LogP contribution in [-0.4, -0.2) is 13.6 Å². The molecular weight excluding hydrogens is 122 g/mol. The van der Waals surface area contributed by atoms with Crippen molar-refractivity contribution in [1.29, 1.82) is 0 Å². The summed E-state index contributed by atoms with van der Waals surface area (Å²) in [7, 11) is 1.93. The summed E-state index contributed by atoms with van der Waals surface area (Å²) in [6.45, 7) is 8.39. The molecule has 0 aliphatic heterocycles. The second kappa shape index (κ2) is 28.1. The van der Waals surface area contributed by atoms with Gasteiger partial charge in [-0.25, -0.2) is 0 Å². The van der Waals surface area contributed by atoms with Crippen LogP contribution in [0.5, 0.6) is 0 Å². The van der Waals surface area contributed by atoms with E-state index in [1.807, 2.05) is 14.0 Å². The number of hydrogen-bond acceptors (Lipinski definition) is 1. The Bertz CT molecular complexity index is 27.7. The molecule has 0 atom stereocenters. The highest BCUT2D eigenvalue weighted by Gasteiger charge is 1.50. The van der Waals surface area contributed by atoms with Crippen molar-refractivity contribution in [2.75, 3.05) is 13.6 Å². The first-order valence-corrected chi connectivity index (χ1v) is 2.55. The normalized spacial score (nSPS) is 5.38. The fourth-order valence-corrected chi connectivity index (χ4v) is 0. The molecule has 0 saturated heterocycles. The van der Waals surface area contributed by atoms with Crippen molar-refractivity contribution < 1.29 is 0 Å². The van der Waals surface area contributed by atoms with Crippen LogP contribution in [0.2, 0.25) is 0 Å². The smallest absolute Gasteiger partial charge is 0.00804 e. The maximum atomic E-state index is 3.36. The van der Waals surface area contributed by atoms with E-state index in [9.17, 15) is 0 Å². The van der Waals surface area contributed by atoms with Crippen LogP contribution in [0.1, 0.15) is 13.8 Å². The number of halogens is 1. The molecular formula is C6H16ClN. The summed E-state index contributed by atoms with van der Waals surface area (Å²) in [6.07, 6.45) is 1.75. The van der Waals surface area contributed by atoms with Gasteiger partial charge in [0.1, 0.15) is 0 Å². The quantitative estimate of drug-likeness (QED) is 0.544. The first kappa shape index (κ1) is 15.7. The molecule has 0 aromatic rings. The van der Waals surface area contributed by atoms with Crippen molar-refractivity contribution in [2.45, 2.75) is 13.8 Å². The third-order valence-electron chi connectivity index (χ3n) is 0.354. The number of hydrogen-bond donors (Lipinski definition) is 1. The van der Waals surface area contributed by atoms with Crippen molar-refractivity contribution in [2.24, 2.45) is 0 Å². The van der Waals surface area contributed by atoms with Crippen LogP contribution in [0.3, 0.4) is 0 Å². The Kier molecular flexibility index (Phi) is 55.0. The second-order valence-electron chi connectivity index (χ2n) is 1.12. The van der Waals surface area contributed by atoms with Gasteiger partial charge >= 0.3 is 0 Å². The molecule has 0 saturated carbocycles. The van der Waals surface area contributed by atoms with E-state index in [0.717, 1.165) is 6.54 Å². The lowest BCUT2D eigenvalue weighted by Gasteiger charge is -1.76. The van der Waals surface area contributed by atoms with Gasteiger partial charge in [-0.15, -0.1) is 19.0 Å². The van der Waals surface area contributed by atoms with Gasteiger partial charge in [0.25, 0.3) is 0 Å². The first-order valence-electron chi connectivity index (χ1n) is 2.55. The van der Waals surface area contributed by atoms with E-state index in [1.165, 1.54) is 0 Å². The second-order valence-corrected chi connectivity index (χ2v) is 1.12. The molecule has 0 unspecified atom stereocenters. The molecule has 1 N–H and O–H groups in total. The van der Waals surface area contributed by atoms with Crippen LogP contribution in [0, 0.1) is 0 Å². The van der Waals surface area contributed by atoms with Crippen LogP contribution in [-0.2, 0) is 0 Å². The summed E-state index contributed by atoms with van der Waals surface area (Å²) < 4.78 is 0. The Labute approximate surface area is 58.6 Å². The molecule has 0 aliphatic rings. The van der Waals surface area contributed by atoms with Gasteiger partial charge in [-0.1, -0.05) is 13.0 Å². The summed E-state index contributed by atoms with van der Waals surface area (Å²) >= 11 is 0. The maximum Gasteiger partial charge on any atom is -0.00804 e. The summed E-state index contributed by atoms with van der Waals surface area (Å²) in [5.41, 5.74) is 0. The fourth-order valence-electron chi connectivity index (χ4n) is 0. The van der Waals surface area contributed by atoms with Crippen LogP contribution in [0.4, 0.5) is 0 Å². The molecule has 0 radical (unpaired) electrons. The summed E-state index contributed by atoms with van der Waals surface area (Å²) in [6, 6.07) is 0. The first-order chi connectivity index (χ1) is 3.33. The summed E-state index contributed by atoms with van der Waals surface area (Å²) in [5.74, 6) is 0. The van der Waals surface area contributed by atoms with Gasteiger partial charge in [0.2, 0.25) is 0 Å². The zero-order valence-corrected chi connectivity index (χ0v) is 6.72. The molecule has 0 aromatic carbocycles. The largest absolute Gasteiger partial charge is 0.320 e. The van der Waals surface area contributed by atoms with Crippen molar-refractivity contribution in [1.82, 2.24) is 5.32 Å². The lowest BCUT2D eigenvalue weighted by Crippen LogP contribution is -2.01. The molecule has 52 valence electrons. The molecule has 1 nitrogen and oxygen atoms in total. The van der Waals surface area contributed by atoms with Crippen LogP contribution < -0.4 is 5.32 Å². The van der Waals surface area contributed by atoms with Gasteiger partial charge in [-0.3, -0.25) is 0 Å². The Hall–Kier alpha value is -0.0100. The fraction of sp³-hybridized carbons (Fsp3) is 0.667. The zero-order chi connectivity index (χ0) is 6.12. The lowest BCUT2D eigenvalue weighted by molar-refractivity contribution is 0.864. The highest BCUT2D eigenvalue weighted by molar-refractivity contribution is 5.85. The molecule has 0 aliphatic carbocycles. The molecule has 0 heterocycles. The Morgan fingerprint density at radius 1 is 1.62 bits per heavy atom. The van der Waals surface area contributed by atoms with Crippen LogP contribution in [0.15, 0.2) is 12.7 Å². The molecule has 0 aromatic heterocycles. The molecule has 8 heavy (non-hydrogen) atoms. The van der Waals surface area contributed by atoms with Gasteiger partial charge in [-0.05, 0) is 20.5 Å². The van der Waals surface area contributed by atoms with Gasteiger partial charge in [-0.2, -0.15) is 0 Å². The van der Waals surface area contributed by atoms with E-state index < -0.39 is 0 Å². The molecule has 0 fully saturated rings. The minimum atomic E-state index is 0. The highest BCUT2D eigenvalue weighted by Crippen LogP contribution is 1.38. The van der Waals surface area contributed by atoms with E-state index in [0.29, 0.717) is 0 Å². The van der Waals surface area contributed by atoms with E-state index in [4.69, 9.17) is 0 Å². The molecule has 2 heteroatoms. The van der Waals surface area contributed by atoms with Gasteiger partial charge in [0.15, 0.2) is 0 Å². The third-order valence-corrected chi connectivity index (χ3v) is 0.354. The molecule has 0 amide bonds. The monoisotopic (exact) mass is 137 g/mol. The minimum Gasteiger partial charge on any atom is -0.320 e. The predicted octanol–water partition coefficient (Wildman–Crippen LogP) is 1.84. The number of nitrogens with one attached hydrogen (secondary N) is 1. The Morgan fingerprint density at radius 2 is 1.75 bits per heavy atom. The molecule has 0 bridgehead atoms. The summed E-state index contributed by atoms with van der Waals surface area (Å²) in [4.78, 5) is 0. The number of allylic oxidation sites excluding steroid dienone is 1. The van der Waals surface area contributed by atoms with E-state index >= 15 is 0 Å². The van der Waals surface area contributed by atoms with Gasteiger partial charge in [0.05, 0.1) is 0 Å². The standard InChI is InChI=1S/C3H9N.C3H6.ClH/c1-3-4-2;1-3-2;/h4H,3H2,1-2H3;3H,1H2,2H3;1H. The van der Waals surface area contributed by atoms with Crippen molar-refractivity contribution in [3.05, 3.63) is 12.7 Å². The van der Waals surface area contributed by atoms with E-state index in [1.54, 1.807) is 6.08 Å². The predicted molar refractivity (Wildman–Crippen MR) is 42.7 cm³/mol. The van der Waals surface area contributed by atoms with Crippen molar-refractivity contribution in [3.63, 3.8) is 0 Å². The van der Waals surface area contributed by atoms with Gasteiger partial charge < -0.3 is 5.32 Å². The van der Waals surface area contributed by atoms with E-state index in [2.05, 4.69) is 18.8 Å². The Balaban J connectivity index is -0.0000000575.